The molecule has 42 heavy (non-hydrogen) atoms. The molecule has 1 atom stereocenters. The molecule has 0 saturated heterocycles. The number of nitrogens with zero attached hydrogens (tertiary/aromatic N) is 2. The van der Waals surface area contributed by atoms with Crippen molar-refractivity contribution >= 4 is 27.5 Å². The Morgan fingerprint density at radius 1 is 0.929 bits per heavy atom. The molecule has 3 aromatic carbocycles. The number of nitrogens with one attached hydrogen (secondary N) is 1. The van der Waals surface area contributed by atoms with Crippen molar-refractivity contribution in [3.05, 3.63) is 84.4 Å². The fourth-order valence-electron chi connectivity index (χ4n) is 5.03. The zero-order chi connectivity index (χ0) is 30.1. The third-order valence-corrected chi connectivity index (χ3v) is 9.21. The number of anilines is 1. The van der Waals surface area contributed by atoms with Crippen molar-refractivity contribution in [2.24, 2.45) is 0 Å². The van der Waals surface area contributed by atoms with Crippen molar-refractivity contribution in [3.8, 4) is 11.5 Å². The summed E-state index contributed by atoms with van der Waals surface area (Å²) in [5.41, 5.74) is 1.09. The largest absolute Gasteiger partial charge is 0.497 e. The number of ether oxygens (including phenoxy) is 2. The maximum atomic E-state index is 14.1. The molecule has 1 saturated carbocycles. The number of sulfonamides is 1. The fraction of sp³-hybridized carbons (Fsp3) is 0.375. The molecule has 0 spiro atoms. The Labute approximate surface area is 248 Å². The van der Waals surface area contributed by atoms with Crippen molar-refractivity contribution in [2.75, 3.05) is 24.6 Å². The summed E-state index contributed by atoms with van der Waals surface area (Å²) < 4.78 is 39.7. The lowest BCUT2D eigenvalue weighted by atomic mass is 10.1. The topological polar surface area (TPSA) is 105 Å². The predicted octanol–water partition coefficient (Wildman–Crippen LogP) is 4.77. The first-order valence-electron chi connectivity index (χ1n) is 14.3. The summed E-state index contributed by atoms with van der Waals surface area (Å²) in [7, 11) is -2.55. The number of amides is 2. The molecule has 4 rings (SSSR count). The molecule has 0 aliphatic heterocycles. The van der Waals surface area contributed by atoms with E-state index in [4.69, 9.17) is 9.47 Å². The summed E-state index contributed by atoms with van der Waals surface area (Å²) in [6.07, 6.45) is 3.93. The first-order valence-corrected chi connectivity index (χ1v) is 15.7. The molecule has 224 valence electrons. The maximum Gasteiger partial charge on any atom is 0.264 e. The first kappa shape index (κ1) is 30.9. The van der Waals surface area contributed by atoms with Gasteiger partial charge < -0.3 is 19.7 Å². The average Bonchev–Trinajstić information content (AvgIpc) is 3.52. The van der Waals surface area contributed by atoms with Gasteiger partial charge in [-0.2, -0.15) is 0 Å². The monoisotopic (exact) mass is 593 g/mol. The maximum absolute atomic E-state index is 14.1. The Hall–Kier alpha value is -4.05. The van der Waals surface area contributed by atoms with Crippen LogP contribution < -0.4 is 19.1 Å². The van der Waals surface area contributed by atoms with Crippen LogP contribution in [0, 0.1) is 0 Å². The molecule has 10 heteroatoms. The molecule has 0 heterocycles. The van der Waals surface area contributed by atoms with Gasteiger partial charge in [0.25, 0.3) is 10.0 Å². The highest BCUT2D eigenvalue weighted by atomic mass is 32.2. The Morgan fingerprint density at radius 2 is 1.55 bits per heavy atom. The van der Waals surface area contributed by atoms with Gasteiger partial charge in [-0.1, -0.05) is 43.2 Å². The Kier molecular flexibility index (Phi) is 10.5. The molecule has 1 aliphatic rings. The third kappa shape index (κ3) is 7.61. The van der Waals surface area contributed by atoms with Crippen LogP contribution in [-0.4, -0.2) is 57.5 Å². The van der Waals surface area contributed by atoms with Gasteiger partial charge in [-0.05, 0) is 80.8 Å². The van der Waals surface area contributed by atoms with E-state index in [1.54, 1.807) is 68.6 Å². The quantitative estimate of drug-likeness (QED) is 0.306. The molecular weight excluding hydrogens is 554 g/mol. The smallest absolute Gasteiger partial charge is 0.264 e. The van der Waals surface area contributed by atoms with Crippen LogP contribution in [0.5, 0.6) is 11.5 Å². The van der Waals surface area contributed by atoms with Gasteiger partial charge in [-0.15, -0.1) is 0 Å². The molecule has 0 radical (unpaired) electrons. The van der Waals surface area contributed by atoms with Crippen LogP contribution in [0.1, 0.15) is 45.1 Å². The number of hydrogen-bond donors (Lipinski definition) is 1. The van der Waals surface area contributed by atoms with Crippen LogP contribution >= 0.6 is 0 Å². The van der Waals surface area contributed by atoms with Gasteiger partial charge in [0.15, 0.2) is 0 Å². The summed E-state index contributed by atoms with van der Waals surface area (Å²) in [5.74, 6) is 0.484. The molecule has 9 nitrogen and oxygen atoms in total. The molecule has 1 aliphatic carbocycles. The Bertz CT molecular complexity index is 1420. The summed E-state index contributed by atoms with van der Waals surface area (Å²) >= 11 is 0. The van der Waals surface area contributed by atoms with Crippen molar-refractivity contribution in [2.45, 2.75) is 63.1 Å². The molecule has 0 bridgehead atoms. The molecular formula is C32H39N3O6S. The summed E-state index contributed by atoms with van der Waals surface area (Å²) in [5, 5.41) is 3.08. The van der Waals surface area contributed by atoms with Crippen LogP contribution in [0.4, 0.5) is 5.69 Å². The second-order valence-electron chi connectivity index (χ2n) is 10.3. The van der Waals surface area contributed by atoms with Crippen molar-refractivity contribution in [1.82, 2.24) is 10.2 Å². The van der Waals surface area contributed by atoms with E-state index in [1.165, 1.54) is 17.0 Å². The molecule has 1 N–H and O–H groups in total. The van der Waals surface area contributed by atoms with Gasteiger partial charge in [0, 0.05) is 12.6 Å². The third-order valence-electron chi connectivity index (χ3n) is 7.43. The van der Waals surface area contributed by atoms with Gasteiger partial charge in [-0.3, -0.25) is 13.9 Å². The number of carbonyl (C=O) groups excluding carboxylic acids is 2. The van der Waals surface area contributed by atoms with E-state index in [1.807, 2.05) is 19.1 Å². The van der Waals surface area contributed by atoms with Crippen LogP contribution in [-0.2, 0) is 26.2 Å². The van der Waals surface area contributed by atoms with Crippen LogP contribution in [0.25, 0.3) is 0 Å². The lowest BCUT2D eigenvalue weighted by molar-refractivity contribution is -0.139. The molecule has 1 fully saturated rings. The van der Waals surface area contributed by atoms with E-state index >= 15 is 0 Å². The van der Waals surface area contributed by atoms with E-state index in [9.17, 15) is 18.0 Å². The number of rotatable bonds is 13. The molecule has 0 aromatic heterocycles. The molecule has 1 unspecified atom stereocenters. The zero-order valence-corrected chi connectivity index (χ0v) is 25.2. The summed E-state index contributed by atoms with van der Waals surface area (Å²) in [6.45, 7) is 3.62. The van der Waals surface area contributed by atoms with Crippen molar-refractivity contribution in [1.29, 1.82) is 0 Å². The van der Waals surface area contributed by atoms with Crippen LogP contribution in [0.3, 0.4) is 0 Å². The molecule has 3 aromatic rings. The Morgan fingerprint density at radius 3 is 2.14 bits per heavy atom. The average molecular weight is 594 g/mol. The van der Waals surface area contributed by atoms with Gasteiger partial charge in [0.1, 0.15) is 24.1 Å². The number of carbonyl (C=O) groups is 2. The minimum atomic E-state index is -4.13. The zero-order valence-electron chi connectivity index (χ0n) is 24.4. The van der Waals surface area contributed by atoms with Gasteiger partial charge in [0.2, 0.25) is 11.8 Å². The highest BCUT2D eigenvalue weighted by Gasteiger charge is 2.33. The lowest BCUT2D eigenvalue weighted by Crippen LogP contribution is -2.52. The normalized spacial score (nSPS) is 14.2. The van der Waals surface area contributed by atoms with Crippen LogP contribution in [0.15, 0.2) is 83.8 Å². The highest BCUT2D eigenvalue weighted by Crippen LogP contribution is 2.27. The SMILES string of the molecule is CCOc1ccc(N(CC(=O)N(Cc2ccc(OC)cc2)C(C)C(=O)NC2CCCC2)S(=O)(=O)c2ccccc2)cc1. The summed E-state index contributed by atoms with van der Waals surface area (Å²) in [6, 6.07) is 21.0. The van der Waals surface area contributed by atoms with E-state index < -0.39 is 28.5 Å². The second-order valence-corrected chi connectivity index (χ2v) is 12.1. The predicted molar refractivity (Wildman–Crippen MR) is 162 cm³/mol. The second kappa shape index (κ2) is 14.2. The summed E-state index contributed by atoms with van der Waals surface area (Å²) in [4.78, 5) is 28.9. The number of methoxy groups -OCH3 is 1. The number of hydrogen-bond acceptors (Lipinski definition) is 6. The van der Waals surface area contributed by atoms with E-state index in [-0.39, 0.29) is 23.4 Å². The van der Waals surface area contributed by atoms with Gasteiger partial charge >= 0.3 is 0 Å². The molecule has 2 amide bonds. The fourth-order valence-corrected chi connectivity index (χ4v) is 6.46. The Balaban J connectivity index is 1.67. The van der Waals surface area contributed by atoms with E-state index in [2.05, 4.69) is 5.32 Å². The standard InChI is InChI=1S/C32H39N3O6S/c1-4-41-29-20-16-27(17-21-29)35(42(38,39)30-12-6-5-7-13-30)23-31(36)34(22-25-14-18-28(40-3)19-15-25)24(2)32(37)33-26-10-8-9-11-26/h5-7,12-21,24,26H,4,8-11,22-23H2,1-3H3,(H,33,37). The van der Waals surface area contributed by atoms with Gasteiger partial charge in [-0.25, -0.2) is 8.42 Å². The van der Waals surface area contributed by atoms with Crippen molar-refractivity contribution < 1.29 is 27.5 Å². The van der Waals surface area contributed by atoms with Gasteiger partial charge in [0.05, 0.1) is 24.3 Å². The number of benzene rings is 3. The van der Waals surface area contributed by atoms with Crippen molar-refractivity contribution in [3.63, 3.8) is 0 Å². The highest BCUT2D eigenvalue weighted by molar-refractivity contribution is 7.92. The lowest BCUT2D eigenvalue weighted by Gasteiger charge is -2.32. The van der Waals surface area contributed by atoms with E-state index in [0.717, 1.165) is 35.6 Å². The minimum absolute atomic E-state index is 0.0559. The van der Waals surface area contributed by atoms with Crippen LogP contribution in [0.2, 0.25) is 0 Å². The first-order chi connectivity index (χ1) is 20.2. The van der Waals surface area contributed by atoms with E-state index in [0.29, 0.717) is 23.8 Å². The minimum Gasteiger partial charge on any atom is -0.497 e.